The van der Waals surface area contributed by atoms with Crippen molar-refractivity contribution < 1.29 is 0 Å². The Morgan fingerprint density at radius 1 is 1.43 bits per heavy atom. The van der Waals surface area contributed by atoms with Gasteiger partial charge in [0.1, 0.15) is 0 Å². The molecule has 1 heterocycles. The highest BCUT2D eigenvalue weighted by Crippen LogP contribution is 2.45. The maximum absolute atomic E-state index is 5.01. The minimum atomic E-state index is 0.353. The first-order chi connectivity index (χ1) is 9.91. The normalized spacial score (nSPS) is 25.5. The lowest BCUT2D eigenvalue weighted by atomic mass is 9.76. The van der Waals surface area contributed by atoms with Crippen LogP contribution >= 0.6 is 11.3 Å². The Labute approximate surface area is 133 Å². The largest absolute Gasteiger partial charge is 0.348 e. The molecule has 0 bridgehead atoms. The number of anilines is 1. The van der Waals surface area contributed by atoms with Crippen LogP contribution in [0, 0.1) is 11.3 Å². The van der Waals surface area contributed by atoms with Crippen molar-refractivity contribution in [1.29, 1.82) is 0 Å². The highest BCUT2D eigenvalue weighted by atomic mass is 32.1. The van der Waals surface area contributed by atoms with Crippen LogP contribution in [0.15, 0.2) is 0 Å². The topological polar surface area (TPSA) is 28.2 Å². The Balaban J connectivity index is 1.86. The molecule has 2 aliphatic carbocycles. The van der Waals surface area contributed by atoms with Crippen LogP contribution in [-0.4, -0.2) is 24.6 Å². The van der Waals surface area contributed by atoms with E-state index >= 15 is 0 Å². The maximum Gasteiger partial charge on any atom is 0.185 e. The van der Waals surface area contributed by atoms with Gasteiger partial charge in [0.15, 0.2) is 5.13 Å². The number of rotatable bonds is 5. The minimum Gasteiger partial charge on any atom is -0.348 e. The molecule has 3 nitrogen and oxygen atoms in total. The van der Waals surface area contributed by atoms with Crippen LogP contribution in [0.5, 0.6) is 0 Å². The summed E-state index contributed by atoms with van der Waals surface area (Å²) in [5.41, 5.74) is 1.69. The molecule has 118 valence electrons. The summed E-state index contributed by atoms with van der Waals surface area (Å²) >= 11 is 1.92. The fourth-order valence-corrected chi connectivity index (χ4v) is 4.76. The third kappa shape index (κ3) is 3.11. The van der Waals surface area contributed by atoms with Gasteiger partial charge >= 0.3 is 0 Å². The van der Waals surface area contributed by atoms with Crippen molar-refractivity contribution in [2.45, 2.75) is 65.5 Å². The zero-order valence-corrected chi connectivity index (χ0v) is 14.9. The zero-order chi connectivity index (χ0) is 15.2. The van der Waals surface area contributed by atoms with Gasteiger partial charge < -0.3 is 10.2 Å². The standard InChI is InChI=1S/C17H29N3S/c1-6-18-13-9-17(3,4)10-14-15(13)21-16(19-14)20(5)11(2)12-7-8-12/h11-13,18H,6-10H2,1-5H3. The molecule has 0 aromatic carbocycles. The van der Waals surface area contributed by atoms with E-state index in [0.717, 1.165) is 18.9 Å². The van der Waals surface area contributed by atoms with Crippen LogP contribution in [-0.2, 0) is 6.42 Å². The average molecular weight is 308 g/mol. The fourth-order valence-electron chi connectivity index (χ4n) is 3.55. The van der Waals surface area contributed by atoms with Gasteiger partial charge in [0, 0.05) is 24.0 Å². The monoisotopic (exact) mass is 307 g/mol. The molecular formula is C17H29N3S. The highest BCUT2D eigenvalue weighted by Gasteiger charge is 2.36. The van der Waals surface area contributed by atoms with E-state index in [1.165, 1.54) is 35.0 Å². The van der Waals surface area contributed by atoms with Crippen molar-refractivity contribution in [2.24, 2.45) is 11.3 Å². The Morgan fingerprint density at radius 2 is 2.14 bits per heavy atom. The number of thiazole rings is 1. The van der Waals surface area contributed by atoms with Gasteiger partial charge in [0.05, 0.1) is 5.69 Å². The smallest absolute Gasteiger partial charge is 0.185 e. The van der Waals surface area contributed by atoms with E-state index in [1.54, 1.807) is 0 Å². The first-order valence-corrected chi connectivity index (χ1v) is 9.19. The second-order valence-electron chi connectivity index (χ2n) is 7.65. The third-order valence-corrected chi connectivity index (χ3v) is 6.40. The van der Waals surface area contributed by atoms with Crippen molar-refractivity contribution in [3.8, 4) is 0 Å². The summed E-state index contributed by atoms with van der Waals surface area (Å²) < 4.78 is 0. The Hall–Kier alpha value is -0.610. The number of nitrogens with zero attached hydrogens (tertiary/aromatic N) is 2. The van der Waals surface area contributed by atoms with Crippen LogP contribution in [0.2, 0.25) is 0 Å². The van der Waals surface area contributed by atoms with Crippen LogP contribution in [0.3, 0.4) is 0 Å². The second kappa shape index (κ2) is 5.54. The summed E-state index contributed by atoms with van der Waals surface area (Å²) in [6.45, 7) is 10.3. The van der Waals surface area contributed by atoms with E-state index in [2.05, 4.69) is 45.0 Å². The minimum absolute atomic E-state index is 0.353. The molecule has 21 heavy (non-hydrogen) atoms. The summed E-state index contributed by atoms with van der Waals surface area (Å²) in [6, 6.07) is 1.12. The molecule has 2 aliphatic rings. The van der Waals surface area contributed by atoms with Crippen LogP contribution < -0.4 is 10.2 Å². The van der Waals surface area contributed by atoms with E-state index in [0.29, 0.717) is 17.5 Å². The van der Waals surface area contributed by atoms with Gasteiger partial charge in [0.25, 0.3) is 0 Å². The van der Waals surface area contributed by atoms with Gasteiger partial charge in [-0.05, 0) is 50.5 Å². The first-order valence-electron chi connectivity index (χ1n) is 8.37. The lowest BCUT2D eigenvalue weighted by Gasteiger charge is -2.34. The van der Waals surface area contributed by atoms with Gasteiger partial charge in [-0.2, -0.15) is 0 Å². The van der Waals surface area contributed by atoms with Gasteiger partial charge in [-0.15, -0.1) is 0 Å². The van der Waals surface area contributed by atoms with Gasteiger partial charge in [-0.3, -0.25) is 0 Å². The molecule has 0 amide bonds. The highest BCUT2D eigenvalue weighted by molar-refractivity contribution is 7.15. The Bertz CT molecular complexity index is 504. The van der Waals surface area contributed by atoms with Crippen molar-refractivity contribution in [1.82, 2.24) is 10.3 Å². The Morgan fingerprint density at radius 3 is 2.76 bits per heavy atom. The third-order valence-electron chi connectivity index (χ3n) is 5.10. The van der Waals surface area contributed by atoms with E-state index in [1.807, 2.05) is 11.3 Å². The molecule has 0 radical (unpaired) electrons. The first kappa shape index (κ1) is 15.3. The molecule has 1 aromatic rings. The summed E-state index contributed by atoms with van der Waals surface area (Å²) in [5.74, 6) is 0.886. The molecule has 2 unspecified atom stereocenters. The average Bonchev–Trinajstić information content (AvgIpc) is 3.17. The molecular weight excluding hydrogens is 278 g/mol. The fraction of sp³-hybridized carbons (Fsp3) is 0.824. The molecule has 2 atom stereocenters. The molecule has 0 spiro atoms. The van der Waals surface area contributed by atoms with E-state index < -0.39 is 0 Å². The van der Waals surface area contributed by atoms with Gasteiger partial charge in [-0.25, -0.2) is 4.98 Å². The predicted molar refractivity (Wildman–Crippen MR) is 91.2 cm³/mol. The molecule has 1 aromatic heterocycles. The Kier molecular flexibility index (Phi) is 4.04. The van der Waals surface area contributed by atoms with E-state index in [4.69, 9.17) is 4.98 Å². The van der Waals surface area contributed by atoms with Crippen molar-refractivity contribution in [3.05, 3.63) is 10.6 Å². The summed E-state index contributed by atoms with van der Waals surface area (Å²) in [5, 5.41) is 4.89. The van der Waals surface area contributed by atoms with E-state index in [9.17, 15) is 0 Å². The maximum atomic E-state index is 5.01. The lowest BCUT2D eigenvalue weighted by Crippen LogP contribution is -2.32. The quantitative estimate of drug-likeness (QED) is 0.891. The number of aromatic nitrogens is 1. The van der Waals surface area contributed by atoms with Crippen molar-refractivity contribution in [3.63, 3.8) is 0 Å². The number of hydrogen-bond donors (Lipinski definition) is 1. The number of nitrogens with one attached hydrogen (secondary N) is 1. The van der Waals surface area contributed by atoms with Gasteiger partial charge in [-0.1, -0.05) is 32.1 Å². The summed E-state index contributed by atoms with van der Waals surface area (Å²) in [4.78, 5) is 8.91. The number of hydrogen-bond acceptors (Lipinski definition) is 4. The van der Waals surface area contributed by atoms with Gasteiger partial charge in [0.2, 0.25) is 0 Å². The molecule has 1 saturated carbocycles. The molecule has 0 saturated heterocycles. The number of fused-ring (bicyclic) bond motifs is 1. The molecule has 1 N–H and O–H groups in total. The predicted octanol–water partition coefficient (Wildman–Crippen LogP) is 4.00. The van der Waals surface area contributed by atoms with Crippen LogP contribution in [0.25, 0.3) is 0 Å². The van der Waals surface area contributed by atoms with Crippen LogP contribution in [0.1, 0.15) is 63.6 Å². The van der Waals surface area contributed by atoms with Crippen molar-refractivity contribution in [2.75, 3.05) is 18.5 Å². The molecule has 4 heteroatoms. The zero-order valence-electron chi connectivity index (χ0n) is 14.1. The summed E-state index contributed by atoms with van der Waals surface area (Å²) in [6.07, 6.45) is 5.12. The van der Waals surface area contributed by atoms with Crippen LogP contribution in [0.4, 0.5) is 5.13 Å². The summed E-state index contributed by atoms with van der Waals surface area (Å²) in [7, 11) is 2.22. The second-order valence-corrected chi connectivity index (χ2v) is 8.66. The molecule has 1 fully saturated rings. The molecule has 3 rings (SSSR count). The SMILES string of the molecule is CCNC1CC(C)(C)Cc2nc(N(C)C(C)C3CC3)sc21. The van der Waals surface area contributed by atoms with E-state index in [-0.39, 0.29) is 0 Å². The van der Waals surface area contributed by atoms with Crippen molar-refractivity contribution >= 4 is 16.5 Å². The molecule has 0 aliphatic heterocycles. The lowest BCUT2D eigenvalue weighted by molar-refractivity contribution is 0.260.